The highest BCUT2D eigenvalue weighted by molar-refractivity contribution is 5.34. The SMILES string of the molecule is CC/C=C(\C=C/CC(=C/C(=C(C)C)N(CC)C1CCCCC1)/C=C/CCC(C)C)CN1CCCC1. The molecule has 0 radical (unpaired) electrons. The van der Waals surface area contributed by atoms with E-state index in [1.807, 2.05) is 0 Å². The second-order valence-corrected chi connectivity index (χ2v) is 11.3. The van der Waals surface area contributed by atoms with Crippen molar-refractivity contribution >= 4 is 0 Å². The first-order valence-corrected chi connectivity index (χ1v) is 14.8. The van der Waals surface area contributed by atoms with Gasteiger partial charge in [0.05, 0.1) is 0 Å². The minimum absolute atomic E-state index is 0.705. The minimum Gasteiger partial charge on any atom is -0.369 e. The van der Waals surface area contributed by atoms with Crippen LogP contribution in [0.4, 0.5) is 0 Å². The summed E-state index contributed by atoms with van der Waals surface area (Å²) in [7, 11) is 0. The predicted octanol–water partition coefficient (Wildman–Crippen LogP) is 9.23. The first-order chi connectivity index (χ1) is 16.9. The van der Waals surface area contributed by atoms with E-state index in [-0.39, 0.29) is 0 Å². The van der Waals surface area contributed by atoms with Crippen molar-refractivity contribution in [1.82, 2.24) is 9.80 Å². The standard InChI is InChI=1S/C33H56N2/c1-7-17-31(27-34-24-14-15-25-34)21-16-20-30(19-13-12-18-28(3)4)26-33(29(5)6)35(8-2)32-22-10-9-11-23-32/h13,16-17,19,21,26,28,32H,7-12,14-15,18,20,22-25,27H2,1-6H3/b19-13+,21-16-,30-26+,31-17+. The van der Waals surface area contributed by atoms with E-state index >= 15 is 0 Å². The van der Waals surface area contributed by atoms with Gasteiger partial charge in [0, 0.05) is 24.8 Å². The quantitative estimate of drug-likeness (QED) is 0.229. The molecule has 35 heavy (non-hydrogen) atoms. The Hall–Kier alpha value is -1.54. The molecule has 0 aromatic rings. The molecule has 2 heteroatoms. The molecule has 1 heterocycles. The topological polar surface area (TPSA) is 6.48 Å². The molecule has 0 amide bonds. The average Bonchev–Trinajstić information content (AvgIpc) is 3.35. The van der Waals surface area contributed by atoms with Crippen molar-refractivity contribution in [2.75, 3.05) is 26.2 Å². The van der Waals surface area contributed by atoms with Crippen molar-refractivity contribution in [2.24, 2.45) is 5.92 Å². The summed E-state index contributed by atoms with van der Waals surface area (Å²) in [5, 5.41) is 0. The highest BCUT2D eigenvalue weighted by Crippen LogP contribution is 2.28. The number of hydrogen-bond donors (Lipinski definition) is 0. The molecule has 0 spiro atoms. The van der Waals surface area contributed by atoms with E-state index < -0.39 is 0 Å². The van der Waals surface area contributed by atoms with Crippen molar-refractivity contribution in [3.63, 3.8) is 0 Å². The number of rotatable bonds is 14. The van der Waals surface area contributed by atoms with Gasteiger partial charge in [-0.15, -0.1) is 0 Å². The molecule has 0 atom stereocenters. The molecular formula is C33H56N2. The van der Waals surface area contributed by atoms with Gasteiger partial charge in [-0.3, -0.25) is 4.90 Å². The molecule has 0 aromatic carbocycles. The monoisotopic (exact) mass is 480 g/mol. The fourth-order valence-electron chi connectivity index (χ4n) is 5.54. The number of likely N-dealkylation sites (tertiary alicyclic amines) is 1. The van der Waals surface area contributed by atoms with Crippen molar-refractivity contribution in [2.45, 2.75) is 118 Å². The molecule has 2 nitrogen and oxygen atoms in total. The molecule has 2 aliphatic rings. The van der Waals surface area contributed by atoms with Crippen LogP contribution in [0.5, 0.6) is 0 Å². The lowest BCUT2D eigenvalue weighted by atomic mass is 9.93. The summed E-state index contributed by atoms with van der Waals surface area (Å²) in [6.45, 7) is 18.6. The Morgan fingerprint density at radius 1 is 0.914 bits per heavy atom. The van der Waals surface area contributed by atoms with Gasteiger partial charge in [0.2, 0.25) is 0 Å². The maximum Gasteiger partial charge on any atom is 0.0357 e. The molecule has 198 valence electrons. The molecular weight excluding hydrogens is 424 g/mol. The van der Waals surface area contributed by atoms with Gasteiger partial charge in [-0.25, -0.2) is 0 Å². The van der Waals surface area contributed by atoms with Gasteiger partial charge in [-0.1, -0.05) is 76.0 Å². The number of hydrogen-bond acceptors (Lipinski definition) is 2. The van der Waals surface area contributed by atoms with E-state index in [0.29, 0.717) is 6.04 Å². The zero-order valence-corrected chi connectivity index (χ0v) is 24.1. The second-order valence-electron chi connectivity index (χ2n) is 11.3. The summed E-state index contributed by atoms with van der Waals surface area (Å²) in [6.07, 6.45) is 28.7. The highest BCUT2D eigenvalue weighted by Gasteiger charge is 2.21. The van der Waals surface area contributed by atoms with Gasteiger partial charge in [0.25, 0.3) is 0 Å². The third-order valence-electron chi connectivity index (χ3n) is 7.50. The molecule has 0 aromatic heterocycles. The molecule has 1 aliphatic carbocycles. The fourth-order valence-corrected chi connectivity index (χ4v) is 5.54. The van der Waals surface area contributed by atoms with Crippen LogP contribution in [0.1, 0.15) is 112 Å². The van der Waals surface area contributed by atoms with Gasteiger partial charge in [-0.05, 0) is 108 Å². The lowest BCUT2D eigenvalue weighted by Crippen LogP contribution is -2.36. The van der Waals surface area contributed by atoms with E-state index in [0.717, 1.165) is 31.8 Å². The lowest BCUT2D eigenvalue weighted by molar-refractivity contribution is 0.212. The Kier molecular flexibility index (Phi) is 14.4. The van der Waals surface area contributed by atoms with Crippen LogP contribution in [0, 0.1) is 5.92 Å². The Labute approximate surface area is 218 Å². The molecule has 2 rings (SSSR count). The maximum atomic E-state index is 2.70. The van der Waals surface area contributed by atoms with Gasteiger partial charge in [-0.2, -0.15) is 0 Å². The average molecular weight is 481 g/mol. The van der Waals surface area contributed by atoms with Crippen LogP contribution in [-0.2, 0) is 0 Å². The third-order valence-corrected chi connectivity index (χ3v) is 7.50. The fraction of sp³-hybridized carbons (Fsp3) is 0.697. The number of likely N-dealkylation sites (N-methyl/N-ethyl adjacent to an activating group) is 1. The summed E-state index contributed by atoms with van der Waals surface area (Å²) in [5.41, 5.74) is 5.82. The zero-order chi connectivity index (χ0) is 25.5. The highest BCUT2D eigenvalue weighted by atomic mass is 15.2. The number of nitrogens with zero attached hydrogens (tertiary/aromatic N) is 2. The van der Waals surface area contributed by atoms with Crippen LogP contribution in [0.25, 0.3) is 0 Å². The molecule has 1 aliphatic heterocycles. The summed E-state index contributed by atoms with van der Waals surface area (Å²) in [5.74, 6) is 0.759. The van der Waals surface area contributed by atoms with E-state index in [2.05, 4.69) is 87.8 Å². The minimum atomic E-state index is 0.705. The lowest BCUT2D eigenvalue weighted by Gasteiger charge is -2.37. The molecule has 0 unspecified atom stereocenters. The third kappa shape index (κ3) is 11.4. The molecule has 1 saturated carbocycles. The van der Waals surface area contributed by atoms with E-state index in [9.17, 15) is 0 Å². The Balaban J connectivity index is 2.22. The van der Waals surface area contributed by atoms with E-state index in [4.69, 9.17) is 0 Å². The first kappa shape index (κ1) is 29.7. The van der Waals surface area contributed by atoms with Crippen molar-refractivity contribution < 1.29 is 0 Å². The largest absolute Gasteiger partial charge is 0.369 e. The van der Waals surface area contributed by atoms with Crippen LogP contribution < -0.4 is 0 Å². The van der Waals surface area contributed by atoms with Gasteiger partial charge in [0.15, 0.2) is 0 Å². The summed E-state index contributed by atoms with van der Waals surface area (Å²) >= 11 is 0. The summed E-state index contributed by atoms with van der Waals surface area (Å²) in [6, 6.07) is 0.705. The summed E-state index contributed by atoms with van der Waals surface area (Å²) in [4.78, 5) is 5.31. The Morgan fingerprint density at radius 3 is 2.20 bits per heavy atom. The maximum absolute atomic E-state index is 2.70. The second kappa shape index (κ2) is 17.0. The summed E-state index contributed by atoms with van der Waals surface area (Å²) < 4.78 is 0. The zero-order valence-electron chi connectivity index (χ0n) is 24.1. The van der Waals surface area contributed by atoms with Crippen LogP contribution in [0.15, 0.2) is 58.9 Å². The normalized spacial score (nSPS) is 18.9. The smallest absolute Gasteiger partial charge is 0.0357 e. The van der Waals surface area contributed by atoms with Gasteiger partial charge >= 0.3 is 0 Å². The van der Waals surface area contributed by atoms with Gasteiger partial charge < -0.3 is 4.90 Å². The van der Waals surface area contributed by atoms with Crippen LogP contribution >= 0.6 is 0 Å². The van der Waals surface area contributed by atoms with Gasteiger partial charge in [0.1, 0.15) is 0 Å². The molecule has 1 saturated heterocycles. The molecule has 0 N–H and O–H groups in total. The predicted molar refractivity (Wildman–Crippen MR) is 157 cm³/mol. The van der Waals surface area contributed by atoms with Crippen LogP contribution in [0.2, 0.25) is 0 Å². The molecule has 2 fully saturated rings. The Morgan fingerprint density at radius 2 is 1.60 bits per heavy atom. The Bertz CT molecular complexity index is 733. The van der Waals surface area contributed by atoms with Crippen molar-refractivity contribution in [3.8, 4) is 0 Å². The van der Waals surface area contributed by atoms with Crippen LogP contribution in [0.3, 0.4) is 0 Å². The van der Waals surface area contributed by atoms with E-state index in [1.54, 1.807) is 0 Å². The first-order valence-electron chi connectivity index (χ1n) is 14.8. The van der Waals surface area contributed by atoms with E-state index in [1.165, 1.54) is 93.3 Å². The van der Waals surface area contributed by atoms with Crippen molar-refractivity contribution in [1.29, 1.82) is 0 Å². The van der Waals surface area contributed by atoms with Crippen LogP contribution in [-0.4, -0.2) is 42.0 Å². The molecule has 0 bridgehead atoms. The number of allylic oxidation sites excluding steroid dienone is 7. The van der Waals surface area contributed by atoms with Crippen molar-refractivity contribution in [3.05, 3.63) is 58.9 Å².